The van der Waals surface area contributed by atoms with Gasteiger partial charge in [-0.25, -0.2) is 0 Å². The number of benzene rings is 2. The average molecular weight is 414 g/mol. The molecule has 2 N–H and O–H groups in total. The molecule has 2 rings (SSSR count). The zero-order chi connectivity index (χ0) is 16.5. The van der Waals surface area contributed by atoms with E-state index in [0.717, 1.165) is 23.1 Å². The molecule has 0 saturated heterocycles. The van der Waals surface area contributed by atoms with Gasteiger partial charge in [0.1, 0.15) is 12.4 Å². The minimum absolute atomic E-state index is 0. The minimum atomic E-state index is -0.120. The number of carbonyl (C=O) groups excluding carboxylic acids is 1. The van der Waals surface area contributed by atoms with Crippen molar-refractivity contribution in [3.8, 4) is 5.75 Å². The molecule has 0 spiro atoms. The number of halogens is 2. The maximum absolute atomic E-state index is 12.3. The summed E-state index contributed by atoms with van der Waals surface area (Å²) >= 11 is 3.50. The Kier molecular flexibility index (Phi) is 9.45. The van der Waals surface area contributed by atoms with Crippen LogP contribution in [0.1, 0.15) is 22.8 Å². The van der Waals surface area contributed by atoms with E-state index in [-0.39, 0.29) is 18.3 Å². The standard InChI is InChI=1S/C18H21BrN2O2.ClH/c1-2-20-11-12-21-18(22)15-8-4-6-10-17(15)23-13-14-7-3-5-9-16(14)19;/h3-10,20H,2,11-13H2,1H3,(H,21,22);1H. The number of hydrogen-bond acceptors (Lipinski definition) is 3. The van der Waals surface area contributed by atoms with Crippen LogP contribution in [0.2, 0.25) is 0 Å². The first-order valence-corrected chi connectivity index (χ1v) is 8.45. The zero-order valence-electron chi connectivity index (χ0n) is 13.5. The molecule has 0 aliphatic carbocycles. The van der Waals surface area contributed by atoms with Gasteiger partial charge in [0.05, 0.1) is 5.56 Å². The second kappa shape index (κ2) is 11.1. The molecular formula is C18H22BrClN2O2. The van der Waals surface area contributed by atoms with E-state index in [4.69, 9.17) is 4.74 Å². The highest BCUT2D eigenvalue weighted by molar-refractivity contribution is 9.10. The van der Waals surface area contributed by atoms with Gasteiger partial charge >= 0.3 is 0 Å². The van der Waals surface area contributed by atoms with Crippen molar-refractivity contribution in [1.82, 2.24) is 10.6 Å². The number of para-hydroxylation sites is 1. The number of nitrogens with one attached hydrogen (secondary N) is 2. The van der Waals surface area contributed by atoms with E-state index in [1.807, 2.05) is 49.4 Å². The largest absolute Gasteiger partial charge is 0.488 e. The van der Waals surface area contributed by atoms with Crippen LogP contribution in [0.15, 0.2) is 53.0 Å². The van der Waals surface area contributed by atoms with E-state index in [2.05, 4.69) is 26.6 Å². The Morgan fingerprint density at radius 3 is 2.54 bits per heavy atom. The lowest BCUT2D eigenvalue weighted by Crippen LogP contribution is -2.31. The van der Waals surface area contributed by atoms with E-state index < -0.39 is 0 Å². The molecule has 0 fully saturated rings. The van der Waals surface area contributed by atoms with E-state index in [0.29, 0.717) is 24.5 Å². The molecule has 0 aliphatic heterocycles. The summed E-state index contributed by atoms with van der Waals surface area (Å²) in [6.07, 6.45) is 0. The van der Waals surface area contributed by atoms with Gasteiger partial charge in [0, 0.05) is 23.1 Å². The van der Waals surface area contributed by atoms with Gasteiger partial charge in [-0.2, -0.15) is 0 Å². The summed E-state index contributed by atoms with van der Waals surface area (Å²) in [4.78, 5) is 12.3. The van der Waals surface area contributed by atoms with Crippen LogP contribution in [-0.4, -0.2) is 25.5 Å². The first-order valence-electron chi connectivity index (χ1n) is 7.66. The van der Waals surface area contributed by atoms with E-state index >= 15 is 0 Å². The molecule has 4 nitrogen and oxygen atoms in total. The molecule has 0 radical (unpaired) electrons. The molecule has 2 aromatic rings. The van der Waals surface area contributed by atoms with Crippen LogP contribution in [0, 0.1) is 0 Å². The van der Waals surface area contributed by atoms with Gasteiger partial charge in [0.25, 0.3) is 5.91 Å². The molecule has 1 amide bonds. The molecule has 0 saturated carbocycles. The number of amides is 1. The molecule has 0 atom stereocenters. The van der Waals surface area contributed by atoms with Crippen LogP contribution in [0.3, 0.4) is 0 Å². The predicted molar refractivity (Wildman–Crippen MR) is 103 cm³/mol. The van der Waals surface area contributed by atoms with Gasteiger partial charge in [-0.05, 0) is 24.7 Å². The van der Waals surface area contributed by atoms with Gasteiger partial charge in [-0.3, -0.25) is 4.79 Å². The van der Waals surface area contributed by atoms with Gasteiger partial charge in [-0.1, -0.05) is 53.2 Å². The Bertz CT molecular complexity index is 652. The summed E-state index contributed by atoms with van der Waals surface area (Å²) in [7, 11) is 0. The molecule has 6 heteroatoms. The van der Waals surface area contributed by atoms with Gasteiger partial charge in [-0.15, -0.1) is 12.4 Å². The van der Waals surface area contributed by atoms with Crippen LogP contribution >= 0.6 is 28.3 Å². The summed E-state index contributed by atoms with van der Waals surface area (Å²) < 4.78 is 6.84. The minimum Gasteiger partial charge on any atom is -0.488 e. The highest BCUT2D eigenvalue weighted by Crippen LogP contribution is 2.22. The molecular weight excluding hydrogens is 392 g/mol. The maximum Gasteiger partial charge on any atom is 0.255 e. The fourth-order valence-electron chi connectivity index (χ4n) is 2.09. The smallest absolute Gasteiger partial charge is 0.255 e. The molecule has 0 aliphatic rings. The first-order chi connectivity index (χ1) is 11.2. The van der Waals surface area contributed by atoms with Crippen LogP contribution < -0.4 is 15.4 Å². The van der Waals surface area contributed by atoms with Crippen molar-refractivity contribution < 1.29 is 9.53 Å². The maximum atomic E-state index is 12.3. The molecule has 130 valence electrons. The van der Waals surface area contributed by atoms with Crippen molar-refractivity contribution in [3.05, 3.63) is 64.1 Å². The molecule has 0 aromatic heterocycles. The summed E-state index contributed by atoms with van der Waals surface area (Å²) in [5, 5.41) is 6.06. The number of rotatable bonds is 8. The Balaban J connectivity index is 0.00000288. The second-order valence-corrected chi connectivity index (χ2v) is 5.84. The monoisotopic (exact) mass is 412 g/mol. The molecule has 0 unspecified atom stereocenters. The molecule has 0 bridgehead atoms. The summed E-state index contributed by atoms with van der Waals surface area (Å²) in [5.74, 6) is 0.467. The number of carbonyl (C=O) groups is 1. The second-order valence-electron chi connectivity index (χ2n) is 4.99. The summed E-state index contributed by atoms with van der Waals surface area (Å²) in [6.45, 7) is 4.67. The van der Waals surface area contributed by atoms with Crippen LogP contribution in [0.5, 0.6) is 5.75 Å². The third kappa shape index (κ3) is 6.15. The van der Waals surface area contributed by atoms with Crippen molar-refractivity contribution in [3.63, 3.8) is 0 Å². The lowest BCUT2D eigenvalue weighted by Gasteiger charge is -2.12. The van der Waals surface area contributed by atoms with E-state index in [1.165, 1.54) is 0 Å². The van der Waals surface area contributed by atoms with Crippen molar-refractivity contribution in [2.24, 2.45) is 0 Å². The summed E-state index contributed by atoms with van der Waals surface area (Å²) in [5.41, 5.74) is 1.59. The normalized spacial score (nSPS) is 9.92. The lowest BCUT2D eigenvalue weighted by molar-refractivity contribution is 0.0949. The third-order valence-corrected chi connectivity index (χ3v) is 4.08. The average Bonchev–Trinajstić information content (AvgIpc) is 2.58. The number of ether oxygens (including phenoxy) is 1. The Labute approximate surface area is 157 Å². The van der Waals surface area contributed by atoms with Gasteiger partial charge < -0.3 is 15.4 Å². The van der Waals surface area contributed by atoms with E-state index in [1.54, 1.807) is 6.07 Å². The van der Waals surface area contributed by atoms with Gasteiger partial charge in [0.2, 0.25) is 0 Å². The Hall–Kier alpha value is -1.56. The van der Waals surface area contributed by atoms with Crippen LogP contribution in [-0.2, 0) is 6.61 Å². The summed E-state index contributed by atoms with van der Waals surface area (Å²) in [6, 6.07) is 15.2. The zero-order valence-corrected chi connectivity index (χ0v) is 16.0. The molecule has 24 heavy (non-hydrogen) atoms. The van der Waals surface area contributed by atoms with Crippen molar-refractivity contribution >= 4 is 34.2 Å². The fourth-order valence-corrected chi connectivity index (χ4v) is 2.49. The highest BCUT2D eigenvalue weighted by atomic mass is 79.9. The highest BCUT2D eigenvalue weighted by Gasteiger charge is 2.12. The SMILES string of the molecule is CCNCCNC(=O)c1ccccc1OCc1ccccc1Br.Cl. The number of likely N-dealkylation sites (N-methyl/N-ethyl adjacent to an activating group) is 1. The van der Waals surface area contributed by atoms with Crippen molar-refractivity contribution in [1.29, 1.82) is 0 Å². The fraction of sp³-hybridized carbons (Fsp3) is 0.278. The van der Waals surface area contributed by atoms with E-state index in [9.17, 15) is 4.79 Å². The van der Waals surface area contributed by atoms with Crippen LogP contribution in [0.25, 0.3) is 0 Å². The predicted octanol–water partition coefficient (Wildman–Crippen LogP) is 3.79. The van der Waals surface area contributed by atoms with Gasteiger partial charge in [0.15, 0.2) is 0 Å². The van der Waals surface area contributed by atoms with Crippen LogP contribution in [0.4, 0.5) is 0 Å². The third-order valence-electron chi connectivity index (χ3n) is 3.31. The Morgan fingerprint density at radius 1 is 1.08 bits per heavy atom. The van der Waals surface area contributed by atoms with Crippen molar-refractivity contribution in [2.75, 3.05) is 19.6 Å². The van der Waals surface area contributed by atoms with Crippen molar-refractivity contribution in [2.45, 2.75) is 13.5 Å². The first kappa shape index (κ1) is 20.5. The number of hydrogen-bond donors (Lipinski definition) is 2. The topological polar surface area (TPSA) is 50.4 Å². The quantitative estimate of drug-likeness (QED) is 0.647. The lowest BCUT2D eigenvalue weighted by atomic mass is 10.2. The molecule has 2 aromatic carbocycles. The molecule has 0 heterocycles. The Morgan fingerprint density at radius 2 is 1.79 bits per heavy atom.